The molecule has 0 bridgehead atoms. The van der Waals surface area contributed by atoms with Crippen molar-refractivity contribution in [1.82, 2.24) is 0 Å². The maximum atomic E-state index is 11.9. The lowest BCUT2D eigenvalue weighted by Gasteiger charge is -2.12. The fraction of sp³-hybridized carbons (Fsp3) is 0.111. The van der Waals surface area contributed by atoms with E-state index in [2.05, 4.69) is 5.32 Å². The molecule has 0 aromatic heterocycles. The molecule has 1 N–H and O–H groups in total. The SMILES string of the molecule is CC(OC(=O)C=Cc1ccccc1)C(=O)Nc1ccccc1. The monoisotopic (exact) mass is 295 g/mol. The summed E-state index contributed by atoms with van der Waals surface area (Å²) < 4.78 is 5.07. The van der Waals surface area contributed by atoms with Crippen molar-refractivity contribution < 1.29 is 14.3 Å². The highest BCUT2D eigenvalue weighted by atomic mass is 16.5. The van der Waals surface area contributed by atoms with Gasteiger partial charge in [-0.15, -0.1) is 0 Å². The molecule has 0 aliphatic rings. The fourth-order valence-electron chi connectivity index (χ4n) is 1.76. The number of rotatable bonds is 5. The van der Waals surface area contributed by atoms with Crippen LogP contribution in [0.1, 0.15) is 12.5 Å². The molecule has 22 heavy (non-hydrogen) atoms. The lowest BCUT2D eigenvalue weighted by atomic mass is 10.2. The zero-order valence-electron chi connectivity index (χ0n) is 12.2. The van der Waals surface area contributed by atoms with Crippen LogP contribution in [0.25, 0.3) is 6.08 Å². The van der Waals surface area contributed by atoms with E-state index in [0.29, 0.717) is 5.69 Å². The van der Waals surface area contributed by atoms with Crippen molar-refractivity contribution in [3.8, 4) is 0 Å². The van der Waals surface area contributed by atoms with Crippen LogP contribution in [0.4, 0.5) is 5.69 Å². The molecule has 0 heterocycles. The fourth-order valence-corrected chi connectivity index (χ4v) is 1.76. The number of carbonyl (C=O) groups is 2. The minimum atomic E-state index is -0.867. The van der Waals surface area contributed by atoms with E-state index in [4.69, 9.17) is 4.74 Å². The molecular formula is C18H17NO3. The smallest absolute Gasteiger partial charge is 0.331 e. The quantitative estimate of drug-likeness (QED) is 0.680. The second kappa shape index (κ2) is 7.78. The Hall–Kier alpha value is -2.88. The lowest BCUT2D eigenvalue weighted by Crippen LogP contribution is -2.29. The third kappa shape index (κ3) is 4.90. The van der Waals surface area contributed by atoms with Gasteiger partial charge in [-0.3, -0.25) is 4.79 Å². The molecule has 4 nitrogen and oxygen atoms in total. The van der Waals surface area contributed by atoms with Gasteiger partial charge in [-0.25, -0.2) is 4.79 Å². The van der Waals surface area contributed by atoms with Gasteiger partial charge < -0.3 is 10.1 Å². The summed E-state index contributed by atoms with van der Waals surface area (Å²) in [6.07, 6.45) is 2.08. The van der Waals surface area contributed by atoms with Gasteiger partial charge in [0.15, 0.2) is 6.10 Å². The first-order valence-electron chi connectivity index (χ1n) is 6.95. The molecule has 1 unspecified atom stereocenters. The minimum absolute atomic E-state index is 0.368. The Balaban J connectivity index is 1.85. The lowest BCUT2D eigenvalue weighted by molar-refractivity contribution is -0.148. The van der Waals surface area contributed by atoms with Gasteiger partial charge in [0.2, 0.25) is 0 Å². The largest absolute Gasteiger partial charge is 0.449 e. The predicted octanol–water partition coefficient (Wildman–Crippen LogP) is 3.27. The van der Waals surface area contributed by atoms with Crippen LogP contribution in [0.5, 0.6) is 0 Å². The topological polar surface area (TPSA) is 55.4 Å². The van der Waals surface area contributed by atoms with Gasteiger partial charge in [-0.05, 0) is 30.7 Å². The van der Waals surface area contributed by atoms with Crippen molar-refractivity contribution in [2.24, 2.45) is 0 Å². The summed E-state index contributed by atoms with van der Waals surface area (Å²) >= 11 is 0. The number of hydrogen-bond donors (Lipinski definition) is 1. The molecule has 0 fully saturated rings. The van der Waals surface area contributed by atoms with Crippen molar-refractivity contribution in [3.05, 3.63) is 72.3 Å². The molecule has 1 amide bonds. The van der Waals surface area contributed by atoms with Gasteiger partial charge in [0.1, 0.15) is 0 Å². The maximum Gasteiger partial charge on any atom is 0.331 e. The average molecular weight is 295 g/mol. The van der Waals surface area contributed by atoms with Gasteiger partial charge in [0.25, 0.3) is 5.91 Å². The minimum Gasteiger partial charge on any atom is -0.449 e. The highest BCUT2D eigenvalue weighted by Crippen LogP contribution is 2.07. The zero-order valence-corrected chi connectivity index (χ0v) is 12.2. The van der Waals surface area contributed by atoms with E-state index < -0.39 is 12.1 Å². The molecule has 0 saturated carbocycles. The van der Waals surface area contributed by atoms with Gasteiger partial charge in [0, 0.05) is 11.8 Å². The van der Waals surface area contributed by atoms with Gasteiger partial charge in [-0.2, -0.15) is 0 Å². The molecule has 0 saturated heterocycles. The molecule has 2 aromatic carbocycles. The van der Waals surface area contributed by atoms with Gasteiger partial charge in [0.05, 0.1) is 0 Å². The maximum absolute atomic E-state index is 11.9. The Labute approximate surface area is 129 Å². The molecule has 0 aliphatic heterocycles. The summed E-state index contributed by atoms with van der Waals surface area (Å²) in [6, 6.07) is 18.4. The average Bonchev–Trinajstić information content (AvgIpc) is 2.55. The third-order valence-corrected chi connectivity index (χ3v) is 2.91. The number of esters is 1. The molecule has 112 valence electrons. The summed E-state index contributed by atoms with van der Waals surface area (Å²) in [5.74, 6) is -0.924. The van der Waals surface area contributed by atoms with E-state index in [9.17, 15) is 9.59 Å². The predicted molar refractivity (Wildman–Crippen MR) is 86.1 cm³/mol. The summed E-state index contributed by atoms with van der Waals surface area (Å²) in [6.45, 7) is 1.53. The van der Waals surface area contributed by atoms with Crippen LogP contribution < -0.4 is 5.32 Å². The van der Waals surface area contributed by atoms with E-state index >= 15 is 0 Å². The summed E-state index contributed by atoms with van der Waals surface area (Å²) in [7, 11) is 0. The zero-order chi connectivity index (χ0) is 15.8. The Morgan fingerprint density at radius 1 is 1.00 bits per heavy atom. The van der Waals surface area contributed by atoms with Crippen molar-refractivity contribution in [1.29, 1.82) is 0 Å². The van der Waals surface area contributed by atoms with Crippen LogP contribution >= 0.6 is 0 Å². The van der Waals surface area contributed by atoms with Gasteiger partial charge >= 0.3 is 5.97 Å². The van der Waals surface area contributed by atoms with Crippen LogP contribution in [-0.2, 0) is 14.3 Å². The molecular weight excluding hydrogens is 278 g/mol. The molecule has 0 spiro atoms. The van der Waals surface area contributed by atoms with E-state index in [1.54, 1.807) is 18.2 Å². The van der Waals surface area contributed by atoms with Crippen molar-refractivity contribution in [2.75, 3.05) is 5.32 Å². The first kappa shape index (κ1) is 15.5. The summed E-state index contributed by atoms with van der Waals surface area (Å²) in [5, 5.41) is 2.68. The number of benzene rings is 2. The summed E-state index contributed by atoms with van der Waals surface area (Å²) in [5.41, 5.74) is 1.55. The second-order valence-electron chi connectivity index (χ2n) is 4.68. The Bertz CT molecular complexity index is 651. The van der Waals surface area contributed by atoms with E-state index in [1.165, 1.54) is 13.0 Å². The number of ether oxygens (including phenoxy) is 1. The van der Waals surface area contributed by atoms with Crippen molar-refractivity contribution >= 4 is 23.6 Å². The van der Waals surface area contributed by atoms with Crippen LogP contribution in [0.15, 0.2) is 66.7 Å². The van der Waals surface area contributed by atoms with E-state index in [1.807, 2.05) is 48.5 Å². The molecule has 2 aromatic rings. The first-order valence-corrected chi connectivity index (χ1v) is 6.95. The Morgan fingerprint density at radius 3 is 2.23 bits per heavy atom. The number of anilines is 1. The molecule has 0 radical (unpaired) electrons. The molecule has 2 rings (SSSR count). The van der Waals surface area contributed by atoms with Crippen molar-refractivity contribution in [3.63, 3.8) is 0 Å². The Kier molecular flexibility index (Phi) is 5.49. The Morgan fingerprint density at radius 2 is 1.59 bits per heavy atom. The normalized spacial score (nSPS) is 11.9. The number of para-hydroxylation sites is 1. The molecule has 0 aliphatic carbocycles. The number of amides is 1. The van der Waals surface area contributed by atoms with Crippen LogP contribution in [0.2, 0.25) is 0 Å². The number of hydrogen-bond acceptors (Lipinski definition) is 3. The molecule has 4 heteroatoms. The second-order valence-corrected chi connectivity index (χ2v) is 4.68. The number of nitrogens with one attached hydrogen (secondary N) is 1. The van der Waals surface area contributed by atoms with Gasteiger partial charge in [-0.1, -0.05) is 48.5 Å². The molecule has 1 atom stereocenters. The highest BCUT2D eigenvalue weighted by Gasteiger charge is 2.16. The van der Waals surface area contributed by atoms with E-state index in [-0.39, 0.29) is 5.91 Å². The first-order chi connectivity index (χ1) is 10.6. The summed E-state index contributed by atoms with van der Waals surface area (Å²) in [4.78, 5) is 23.6. The van der Waals surface area contributed by atoms with Crippen molar-refractivity contribution in [2.45, 2.75) is 13.0 Å². The van der Waals surface area contributed by atoms with Crippen LogP contribution in [-0.4, -0.2) is 18.0 Å². The van der Waals surface area contributed by atoms with Crippen LogP contribution in [0, 0.1) is 0 Å². The highest BCUT2D eigenvalue weighted by molar-refractivity contribution is 5.96. The number of carbonyl (C=O) groups excluding carboxylic acids is 2. The standard InChI is InChI=1S/C18H17NO3/c1-14(18(21)19-16-10-6-3-7-11-16)22-17(20)13-12-15-8-4-2-5-9-15/h2-14H,1H3,(H,19,21). The van der Waals surface area contributed by atoms with E-state index in [0.717, 1.165) is 5.56 Å². The third-order valence-electron chi connectivity index (χ3n) is 2.91. The van der Waals surface area contributed by atoms with Crippen LogP contribution in [0.3, 0.4) is 0 Å².